The molecule has 0 atom stereocenters. The maximum atomic E-state index is 7.18. The van der Waals surface area contributed by atoms with E-state index in [1.54, 1.807) is 0 Å². The first-order valence-electron chi connectivity index (χ1n) is 18.5. The second-order valence-electron chi connectivity index (χ2n) is 14.6. The first-order valence-corrected chi connectivity index (χ1v) is 18.9. The van der Waals surface area contributed by atoms with Crippen molar-refractivity contribution in [3.8, 4) is 28.1 Å². The molecule has 13 rings (SSSR count). The Bertz CT molecular complexity index is 3660. The zero-order valence-corrected chi connectivity index (χ0v) is 29.9. The van der Waals surface area contributed by atoms with Gasteiger partial charge in [0.25, 0.3) is 0 Å². The molecule has 12 aromatic rings. The summed E-state index contributed by atoms with van der Waals surface area (Å²) in [5.41, 5.74) is 13.2. The molecule has 55 heavy (non-hydrogen) atoms. The van der Waals surface area contributed by atoms with Crippen molar-refractivity contribution in [2.24, 2.45) is 0 Å². The van der Waals surface area contributed by atoms with E-state index in [-0.39, 0.29) is 0 Å². The fraction of sp³-hybridized carbons (Fsp3) is 0.0204. The Morgan fingerprint density at radius 2 is 1.22 bits per heavy atom. The summed E-state index contributed by atoms with van der Waals surface area (Å²) in [5.74, 6) is 0.586. The summed E-state index contributed by atoms with van der Waals surface area (Å²) in [7, 11) is 0. The van der Waals surface area contributed by atoms with Crippen LogP contribution in [0.5, 0.6) is 0 Å². The van der Waals surface area contributed by atoms with E-state index in [0.29, 0.717) is 22.2 Å². The number of furan rings is 2. The maximum absolute atomic E-state index is 7.18. The van der Waals surface area contributed by atoms with Gasteiger partial charge in [-0.05, 0) is 97.4 Å². The summed E-state index contributed by atoms with van der Waals surface area (Å²) in [4.78, 5) is 10.1. The number of rotatable bonds is 2. The quantitative estimate of drug-likeness (QED) is 0.178. The highest BCUT2D eigenvalue weighted by atomic mass is 35.5. The monoisotopic (exact) mass is 723 g/mol. The van der Waals surface area contributed by atoms with Crippen molar-refractivity contribution >= 4 is 99.1 Å². The smallest absolute Gasteiger partial charge is 0.247 e. The molecule has 0 amide bonds. The Hall–Kier alpha value is -6.95. The fourth-order valence-electron chi connectivity index (χ4n) is 9.41. The molecule has 4 aromatic heterocycles. The number of nitrogens with zero attached hydrogens (tertiary/aromatic N) is 3. The van der Waals surface area contributed by atoms with Gasteiger partial charge in [0.15, 0.2) is 11.0 Å². The van der Waals surface area contributed by atoms with Crippen LogP contribution in [-0.2, 0) is 6.42 Å². The van der Waals surface area contributed by atoms with Crippen LogP contribution in [0.15, 0.2) is 154 Å². The number of para-hydroxylation sites is 3. The van der Waals surface area contributed by atoms with Crippen LogP contribution in [0.3, 0.4) is 0 Å². The van der Waals surface area contributed by atoms with Crippen molar-refractivity contribution in [2.45, 2.75) is 6.42 Å². The Balaban J connectivity index is 1.18. The first kappa shape index (κ1) is 29.5. The minimum Gasteiger partial charge on any atom is -0.456 e. The van der Waals surface area contributed by atoms with Crippen LogP contribution in [0.1, 0.15) is 11.1 Å². The molecule has 0 spiro atoms. The van der Waals surface area contributed by atoms with Gasteiger partial charge in [0.1, 0.15) is 22.3 Å². The molecule has 0 bridgehead atoms. The number of hydrogen-bond acceptors (Lipinski definition) is 4. The molecule has 4 heterocycles. The van der Waals surface area contributed by atoms with E-state index in [1.807, 2.05) is 36.4 Å². The van der Waals surface area contributed by atoms with Gasteiger partial charge in [-0.2, -0.15) is 4.98 Å². The van der Waals surface area contributed by atoms with Crippen LogP contribution in [0.2, 0.25) is 5.15 Å². The summed E-state index contributed by atoms with van der Waals surface area (Å²) in [6.45, 7) is 0. The van der Waals surface area contributed by atoms with Crippen molar-refractivity contribution in [3.63, 3.8) is 0 Å². The average molecular weight is 724 g/mol. The molecule has 0 unspecified atom stereocenters. The Labute approximate surface area is 317 Å². The molecule has 8 aromatic carbocycles. The Morgan fingerprint density at radius 1 is 0.527 bits per heavy atom. The third-order valence-corrected chi connectivity index (χ3v) is 12.0. The van der Waals surface area contributed by atoms with E-state index in [9.17, 15) is 0 Å². The second kappa shape index (κ2) is 10.6. The molecule has 6 heteroatoms. The molecular weight excluding hydrogens is 698 g/mol. The lowest BCUT2D eigenvalue weighted by Crippen LogP contribution is -2.02. The van der Waals surface area contributed by atoms with Gasteiger partial charge in [0.05, 0.1) is 11.0 Å². The number of halogens is 1. The molecule has 0 fully saturated rings. The second-order valence-corrected chi connectivity index (χ2v) is 14.9. The van der Waals surface area contributed by atoms with Crippen LogP contribution >= 0.6 is 11.6 Å². The van der Waals surface area contributed by atoms with Crippen molar-refractivity contribution in [3.05, 3.63) is 162 Å². The molecule has 0 N–H and O–H groups in total. The predicted octanol–water partition coefficient (Wildman–Crippen LogP) is 13.6. The van der Waals surface area contributed by atoms with Crippen molar-refractivity contribution < 1.29 is 8.83 Å². The molecule has 5 nitrogen and oxygen atoms in total. The standard InChI is InChI=1S/C49H26ClN3O2/c50-47-48(51-45-34-13-5-8-16-41(34)55-49(45)52-47)53-39-14-6-3-12-33(39)44-37-24-27(28-19-22-42-36(23-28)30-11-4-7-15-40(30)54-42)18-21-32(37)43-31-20-17-26-9-1-2-10-29(26)35(31)25-38(43)46(44)53/h1-24H,25H2. The van der Waals surface area contributed by atoms with E-state index < -0.39 is 0 Å². The summed E-state index contributed by atoms with van der Waals surface area (Å²) >= 11 is 7.18. The first-order chi connectivity index (χ1) is 27.2. The summed E-state index contributed by atoms with van der Waals surface area (Å²) in [6, 6.07) is 51.5. The van der Waals surface area contributed by atoms with Gasteiger partial charge in [0, 0.05) is 33.4 Å². The van der Waals surface area contributed by atoms with Crippen molar-refractivity contribution in [1.29, 1.82) is 0 Å². The summed E-state index contributed by atoms with van der Waals surface area (Å²) in [6.07, 6.45) is 0.780. The van der Waals surface area contributed by atoms with E-state index in [2.05, 4.69) is 114 Å². The molecule has 1 aliphatic carbocycles. The Kier molecular flexibility index (Phi) is 5.68. The highest BCUT2D eigenvalue weighted by Crippen LogP contribution is 2.51. The van der Waals surface area contributed by atoms with Crippen LogP contribution in [-0.4, -0.2) is 14.5 Å². The zero-order valence-electron chi connectivity index (χ0n) is 29.1. The van der Waals surface area contributed by atoms with Crippen LogP contribution < -0.4 is 0 Å². The normalized spacial score (nSPS) is 12.7. The number of aromatic nitrogens is 3. The number of hydrogen-bond donors (Lipinski definition) is 0. The van der Waals surface area contributed by atoms with E-state index >= 15 is 0 Å². The van der Waals surface area contributed by atoms with Crippen molar-refractivity contribution in [1.82, 2.24) is 14.5 Å². The fourth-order valence-corrected chi connectivity index (χ4v) is 9.61. The molecule has 0 saturated carbocycles. The van der Waals surface area contributed by atoms with E-state index in [4.69, 9.17) is 30.4 Å². The number of fused-ring (bicyclic) bond motifs is 18. The van der Waals surface area contributed by atoms with Gasteiger partial charge < -0.3 is 8.83 Å². The Morgan fingerprint density at radius 3 is 2.09 bits per heavy atom. The largest absolute Gasteiger partial charge is 0.456 e. The molecule has 1 aliphatic rings. The van der Waals surface area contributed by atoms with Gasteiger partial charge in [-0.15, -0.1) is 0 Å². The van der Waals surface area contributed by atoms with Gasteiger partial charge >= 0.3 is 0 Å². The lowest BCUT2D eigenvalue weighted by Gasteiger charge is -2.15. The predicted molar refractivity (Wildman–Crippen MR) is 225 cm³/mol. The molecule has 0 aliphatic heterocycles. The van der Waals surface area contributed by atoms with Crippen LogP contribution in [0.4, 0.5) is 0 Å². The summed E-state index contributed by atoms with van der Waals surface area (Å²) < 4.78 is 14.6. The van der Waals surface area contributed by atoms with Gasteiger partial charge in [-0.3, -0.25) is 4.57 Å². The van der Waals surface area contributed by atoms with E-state index in [0.717, 1.165) is 66.9 Å². The lowest BCUT2D eigenvalue weighted by molar-refractivity contribution is 0.652. The third kappa shape index (κ3) is 3.92. The van der Waals surface area contributed by atoms with Gasteiger partial charge in [0.2, 0.25) is 5.71 Å². The van der Waals surface area contributed by atoms with Crippen LogP contribution in [0, 0.1) is 0 Å². The lowest BCUT2D eigenvalue weighted by atomic mass is 9.91. The number of benzene rings is 8. The summed E-state index contributed by atoms with van der Waals surface area (Å²) in [5, 5.41) is 10.7. The molecule has 0 radical (unpaired) electrons. The van der Waals surface area contributed by atoms with Gasteiger partial charge in [-0.25, -0.2) is 4.98 Å². The zero-order chi connectivity index (χ0) is 35.9. The average Bonchev–Trinajstić information content (AvgIpc) is 3.99. The van der Waals surface area contributed by atoms with E-state index in [1.165, 1.54) is 49.2 Å². The van der Waals surface area contributed by atoms with Gasteiger partial charge in [-0.1, -0.05) is 115 Å². The molecule has 256 valence electrons. The highest BCUT2D eigenvalue weighted by Gasteiger charge is 2.31. The van der Waals surface area contributed by atoms with Crippen LogP contribution in [0.25, 0.3) is 116 Å². The minimum absolute atomic E-state index is 0.290. The SMILES string of the molecule is Clc1nc2oc3ccccc3c2nc1-n1c2ccccc2c2c3cc(-c4ccc5oc6ccccc6c5c4)ccc3c3c(c21)Cc1c-3ccc2ccccc12. The topological polar surface area (TPSA) is 57.0 Å². The maximum Gasteiger partial charge on any atom is 0.247 e. The third-order valence-electron chi connectivity index (χ3n) is 11.8. The molecular formula is C49H26ClN3O2. The molecule has 0 saturated heterocycles. The highest BCUT2D eigenvalue weighted by molar-refractivity contribution is 6.32. The minimum atomic E-state index is 0.290. The van der Waals surface area contributed by atoms with Crippen molar-refractivity contribution in [2.75, 3.05) is 0 Å².